The van der Waals surface area contributed by atoms with Gasteiger partial charge in [-0.3, -0.25) is 0 Å². The highest BCUT2D eigenvalue weighted by molar-refractivity contribution is 5.40. The number of piperidine rings is 1. The van der Waals surface area contributed by atoms with E-state index in [1.165, 1.54) is 43.4 Å². The van der Waals surface area contributed by atoms with E-state index in [9.17, 15) is 0 Å². The van der Waals surface area contributed by atoms with Gasteiger partial charge in [-0.1, -0.05) is 24.3 Å². The minimum atomic E-state index is 0. The number of hydrogen-bond acceptors (Lipinski definition) is 3. The third kappa shape index (κ3) is 4.62. The highest BCUT2D eigenvalue weighted by Crippen LogP contribution is 2.29. The number of rotatable bonds is 5. The number of quaternary nitrogens is 1. The summed E-state index contributed by atoms with van der Waals surface area (Å²) < 4.78 is 1.16. The van der Waals surface area contributed by atoms with Crippen LogP contribution in [0, 0.1) is 0 Å². The normalized spacial score (nSPS) is 21.3. The van der Waals surface area contributed by atoms with E-state index >= 15 is 0 Å². The minimum absolute atomic E-state index is 0. The summed E-state index contributed by atoms with van der Waals surface area (Å²) in [6.45, 7) is 2.36. The average molecular weight is 478 g/mol. The molecular formula is C22H31IN4. The van der Waals surface area contributed by atoms with Crippen LogP contribution >= 0.6 is 0 Å². The van der Waals surface area contributed by atoms with Gasteiger partial charge in [0, 0.05) is 31.4 Å². The number of halogens is 1. The Labute approximate surface area is 180 Å². The molecule has 0 saturated carbocycles. The van der Waals surface area contributed by atoms with E-state index in [-0.39, 0.29) is 24.0 Å². The summed E-state index contributed by atoms with van der Waals surface area (Å²) in [4.78, 5) is 11.7. The molecule has 5 heteroatoms. The van der Waals surface area contributed by atoms with E-state index in [1.807, 2.05) is 18.5 Å². The third-order valence-corrected chi connectivity index (χ3v) is 6.49. The molecule has 2 heterocycles. The van der Waals surface area contributed by atoms with Crippen LogP contribution in [0.4, 0.5) is 5.95 Å². The van der Waals surface area contributed by atoms with Gasteiger partial charge < -0.3 is 33.4 Å². The molecule has 4 nitrogen and oxygen atoms in total. The summed E-state index contributed by atoms with van der Waals surface area (Å²) in [7, 11) is 4.80. The molecule has 27 heavy (non-hydrogen) atoms. The van der Waals surface area contributed by atoms with Gasteiger partial charge in [0.15, 0.2) is 0 Å². The second kappa shape index (κ2) is 8.86. The fourth-order valence-electron chi connectivity index (χ4n) is 4.85. The van der Waals surface area contributed by atoms with Crippen molar-refractivity contribution in [1.82, 2.24) is 9.97 Å². The van der Waals surface area contributed by atoms with E-state index in [2.05, 4.69) is 53.2 Å². The Morgan fingerprint density at radius 3 is 2.30 bits per heavy atom. The maximum Gasteiger partial charge on any atom is 0.225 e. The summed E-state index contributed by atoms with van der Waals surface area (Å²) >= 11 is 0. The van der Waals surface area contributed by atoms with Crippen LogP contribution in [0.3, 0.4) is 0 Å². The summed E-state index contributed by atoms with van der Waals surface area (Å²) in [5, 5.41) is 0. The Morgan fingerprint density at radius 2 is 1.67 bits per heavy atom. The molecule has 1 aliphatic carbocycles. The quantitative estimate of drug-likeness (QED) is 0.463. The van der Waals surface area contributed by atoms with Crippen molar-refractivity contribution >= 4 is 5.95 Å². The largest absolute Gasteiger partial charge is 1.00 e. The van der Waals surface area contributed by atoms with Crippen molar-refractivity contribution in [2.24, 2.45) is 0 Å². The van der Waals surface area contributed by atoms with E-state index in [0.29, 0.717) is 6.04 Å². The van der Waals surface area contributed by atoms with Gasteiger partial charge in [0.25, 0.3) is 0 Å². The van der Waals surface area contributed by atoms with Gasteiger partial charge in [0.05, 0.1) is 26.7 Å². The lowest BCUT2D eigenvalue weighted by atomic mass is 9.97. The maximum absolute atomic E-state index is 4.60. The molecule has 1 unspecified atom stereocenters. The molecule has 1 saturated heterocycles. The van der Waals surface area contributed by atoms with Crippen molar-refractivity contribution in [2.75, 3.05) is 32.1 Å². The van der Waals surface area contributed by atoms with E-state index in [1.54, 1.807) is 0 Å². The fourth-order valence-corrected chi connectivity index (χ4v) is 4.85. The molecule has 0 spiro atoms. The standard InChI is InChI=1S/C22H31N4.HI/c1-26(2)15-6-5-10-21(26)11-14-25(22-23-12-7-13-24-22)20-16-18-8-3-4-9-19(18)17-20;/h3-4,7-9,12-13,20-21H,5-6,10-11,14-17H2,1-2H3;1H/q+1;/p-1. The predicted octanol–water partition coefficient (Wildman–Crippen LogP) is 0.473. The number of hydrogen-bond donors (Lipinski definition) is 0. The van der Waals surface area contributed by atoms with Crippen LogP contribution in [-0.2, 0) is 12.8 Å². The average Bonchev–Trinajstić information content (AvgIpc) is 3.07. The van der Waals surface area contributed by atoms with Gasteiger partial charge in [-0.15, -0.1) is 0 Å². The molecule has 0 radical (unpaired) electrons. The molecule has 4 rings (SSSR count). The summed E-state index contributed by atoms with van der Waals surface area (Å²) in [6.07, 6.45) is 11.3. The fraction of sp³-hybridized carbons (Fsp3) is 0.545. The van der Waals surface area contributed by atoms with Crippen LogP contribution in [0.1, 0.15) is 36.8 Å². The zero-order chi connectivity index (χ0) is 18.0. The van der Waals surface area contributed by atoms with Crippen molar-refractivity contribution in [1.29, 1.82) is 0 Å². The second-order valence-electron chi connectivity index (χ2n) is 8.51. The lowest BCUT2D eigenvalue weighted by Gasteiger charge is -2.42. The molecule has 0 amide bonds. The number of nitrogens with zero attached hydrogens (tertiary/aromatic N) is 4. The highest BCUT2D eigenvalue weighted by atomic mass is 127. The second-order valence-corrected chi connectivity index (χ2v) is 8.51. The molecule has 1 aliphatic heterocycles. The molecule has 1 aromatic heterocycles. The van der Waals surface area contributed by atoms with Gasteiger partial charge >= 0.3 is 0 Å². The molecule has 146 valence electrons. The summed E-state index contributed by atoms with van der Waals surface area (Å²) in [5.41, 5.74) is 2.99. The van der Waals surface area contributed by atoms with Crippen LogP contribution in [0.5, 0.6) is 0 Å². The van der Waals surface area contributed by atoms with Gasteiger partial charge in [0.2, 0.25) is 5.95 Å². The van der Waals surface area contributed by atoms with Gasteiger partial charge in [-0.25, -0.2) is 9.97 Å². The monoisotopic (exact) mass is 478 g/mol. The topological polar surface area (TPSA) is 29.0 Å². The molecule has 0 bridgehead atoms. The SMILES string of the molecule is C[N+]1(C)CCCCC1CCN(c1ncccn1)C1Cc2ccccc2C1.[I-]. The number of anilines is 1. The number of aromatic nitrogens is 2. The number of fused-ring (bicyclic) bond motifs is 1. The van der Waals surface area contributed by atoms with Crippen molar-refractivity contribution in [3.05, 3.63) is 53.9 Å². The van der Waals surface area contributed by atoms with Crippen LogP contribution in [-0.4, -0.2) is 53.7 Å². The Hall–Kier alpha value is -1.21. The third-order valence-electron chi connectivity index (χ3n) is 6.49. The van der Waals surface area contributed by atoms with Crippen LogP contribution < -0.4 is 28.9 Å². The van der Waals surface area contributed by atoms with Gasteiger partial charge in [-0.2, -0.15) is 0 Å². The van der Waals surface area contributed by atoms with Crippen LogP contribution in [0.2, 0.25) is 0 Å². The molecule has 2 aromatic rings. The van der Waals surface area contributed by atoms with Gasteiger partial charge in [-0.05, 0) is 49.3 Å². The first kappa shape index (κ1) is 20.5. The van der Waals surface area contributed by atoms with Crippen molar-refractivity contribution < 1.29 is 28.5 Å². The molecular weight excluding hydrogens is 447 g/mol. The predicted molar refractivity (Wildman–Crippen MR) is 106 cm³/mol. The van der Waals surface area contributed by atoms with E-state index in [4.69, 9.17) is 0 Å². The van der Waals surface area contributed by atoms with Gasteiger partial charge in [0.1, 0.15) is 0 Å². The van der Waals surface area contributed by atoms with Crippen molar-refractivity contribution in [3.8, 4) is 0 Å². The Bertz CT molecular complexity index is 709. The lowest BCUT2D eigenvalue weighted by molar-refractivity contribution is -0.920. The van der Waals surface area contributed by atoms with E-state index in [0.717, 1.165) is 35.9 Å². The van der Waals surface area contributed by atoms with Crippen LogP contribution in [0.15, 0.2) is 42.7 Å². The molecule has 1 fully saturated rings. The molecule has 0 N–H and O–H groups in total. The molecule has 1 atom stereocenters. The van der Waals surface area contributed by atoms with Crippen molar-refractivity contribution in [2.45, 2.75) is 50.6 Å². The zero-order valence-electron chi connectivity index (χ0n) is 16.5. The van der Waals surface area contributed by atoms with E-state index < -0.39 is 0 Å². The number of likely N-dealkylation sites (tertiary alicyclic amines) is 1. The first-order valence-corrected chi connectivity index (χ1v) is 10.1. The number of benzene rings is 1. The Kier molecular flexibility index (Phi) is 6.74. The Balaban J connectivity index is 0.00000210. The van der Waals surface area contributed by atoms with Crippen LogP contribution in [0.25, 0.3) is 0 Å². The first-order valence-electron chi connectivity index (χ1n) is 10.1. The molecule has 1 aromatic carbocycles. The van der Waals surface area contributed by atoms with Crippen molar-refractivity contribution in [3.63, 3.8) is 0 Å². The Morgan fingerprint density at radius 1 is 1.00 bits per heavy atom. The maximum atomic E-state index is 4.60. The lowest BCUT2D eigenvalue weighted by Crippen LogP contribution is -3.00. The highest BCUT2D eigenvalue weighted by Gasteiger charge is 2.34. The summed E-state index contributed by atoms with van der Waals surface area (Å²) in [6, 6.07) is 12.0. The summed E-state index contributed by atoms with van der Waals surface area (Å²) in [5.74, 6) is 0.895. The molecule has 2 aliphatic rings. The minimum Gasteiger partial charge on any atom is -1.00 e. The zero-order valence-corrected chi connectivity index (χ0v) is 18.7. The first-order chi connectivity index (χ1) is 12.6. The smallest absolute Gasteiger partial charge is 0.225 e.